The normalized spacial score (nSPS) is 14.5. The summed E-state index contributed by atoms with van der Waals surface area (Å²) in [5.74, 6) is 0. The molecule has 19 rings (SSSR count). The molecule has 0 amide bonds. The monoisotopic (exact) mass is 786 g/mol. The first-order valence-electron chi connectivity index (χ1n) is 22.8. The molecule has 0 saturated heterocycles. The van der Waals surface area contributed by atoms with Crippen LogP contribution in [0.2, 0.25) is 0 Å². The summed E-state index contributed by atoms with van der Waals surface area (Å²) >= 11 is 0. The largest absolute Gasteiger partial charge is 0.0619 e. The first-order chi connectivity index (χ1) is 31.3. The van der Waals surface area contributed by atoms with E-state index in [1.165, 1.54) is 196 Å². The van der Waals surface area contributed by atoms with Crippen molar-refractivity contribution in [3.63, 3.8) is 0 Å². The molecule has 63 heavy (non-hydrogen) atoms. The molecule has 0 aromatic heterocycles. The second kappa shape index (κ2) is 9.48. The Hall–Kier alpha value is -7.80. The van der Waals surface area contributed by atoms with Crippen molar-refractivity contribution in [3.05, 3.63) is 179 Å². The molecule has 0 fully saturated rings. The molecular formula is C63H30. The van der Waals surface area contributed by atoms with Crippen LogP contribution in [-0.2, 0) is 19.3 Å². The third-order valence-corrected chi connectivity index (χ3v) is 17.2. The summed E-state index contributed by atoms with van der Waals surface area (Å²) in [6.07, 6.45) is 2.90. The number of hydrogen-bond acceptors (Lipinski definition) is 0. The quantitative estimate of drug-likeness (QED) is 0.106. The number of fused-ring (bicyclic) bond motifs is 18. The van der Waals surface area contributed by atoms with Crippen molar-refractivity contribution in [1.29, 1.82) is 0 Å². The van der Waals surface area contributed by atoms with Gasteiger partial charge >= 0.3 is 0 Å². The lowest BCUT2D eigenvalue weighted by atomic mass is 9.71. The molecule has 3 aliphatic carbocycles. The van der Waals surface area contributed by atoms with Crippen molar-refractivity contribution in [2.24, 2.45) is 0 Å². The molecule has 16 aromatic carbocycles. The highest BCUT2D eigenvalue weighted by Crippen LogP contribution is 2.63. The van der Waals surface area contributed by atoms with Crippen molar-refractivity contribution in [2.45, 2.75) is 19.3 Å². The van der Waals surface area contributed by atoms with Gasteiger partial charge in [-0.05, 0) is 233 Å². The number of hydrogen-bond donors (Lipinski definition) is 0. The Kier molecular flexibility index (Phi) is 4.55. The van der Waals surface area contributed by atoms with Crippen LogP contribution in [0.25, 0.3) is 163 Å². The van der Waals surface area contributed by atoms with E-state index in [0.717, 1.165) is 19.3 Å². The van der Waals surface area contributed by atoms with E-state index in [0.29, 0.717) is 0 Å². The van der Waals surface area contributed by atoms with Crippen LogP contribution in [0.3, 0.4) is 0 Å². The van der Waals surface area contributed by atoms with Gasteiger partial charge in [-0.3, -0.25) is 0 Å². The lowest BCUT2D eigenvalue weighted by molar-refractivity contribution is 1.29. The lowest BCUT2D eigenvalue weighted by Gasteiger charge is -2.30. The Balaban J connectivity index is 1.21. The van der Waals surface area contributed by atoms with E-state index in [-0.39, 0.29) is 0 Å². The third-order valence-electron chi connectivity index (χ3n) is 17.2. The topological polar surface area (TPSA) is 0 Å². The molecule has 0 heterocycles. The van der Waals surface area contributed by atoms with Crippen LogP contribution in [0, 0.1) is 0 Å². The molecule has 0 unspecified atom stereocenters. The first-order valence-corrected chi connectivity index (χ1v) is 22.8. The second-order valence-corrected chi connectivity index (χ2v) is 19.5. The molecule has 0 nitrogen and oxygen atoms in total. The van der Waals surface area contributed by atoms with Gasteiger partial charge in [-0.1, -0.05) is 127 Å². The summed E-state index contributed by atoms with van der Waals surface area (Å²) in [5.41, 5.74) is 17.3. The van der Waals surface area contributed by atoms with Crippen LogP contribution in [0.4, 0.5) is 0 Å². The molecule has 0 bridgehead atoms. The molecule has 0 aliphatic heterocycles. The first kappa shape index (κ1) is 30.3. The Morgan fingerprint density at radius 3 is 0.810 bits per heavy atom. The zero-order valence-corrected chi connectivity index (χ0v) is 34.0. The maximum absolute atomic E-state index is 2.62. The minimum Gasteiger partial charge on any atom is -0.0619 e. The second-order valence-electron chi connectivity index (χ2n) is 19.5. The molecule has 0 atom stereocenters. The van der Waals surface area contributed by atoms with Gasteiger partial charge < -0.3 is 0 Å². The SMILES string of the molecule is c1ccc2c(c1)Cc1c-2cc2c3cccc4c5c6c(cc7c8cccc9c%10c%11c(cc%12c%13cccc%14c1c2c1c(c34)c(c75)c(c89)c(c%12%10)c1c%13%14)-c1ccccc1C%11)-c1ccccc1C6. The highest BCUT2D eigenvalue weighted by molar-refractivity contribution is 6.61. The fraction of sp³-hybridized carbons (Fsp3) is 0.0476. The number of rotatable bonds is 0. The van der Waals surface area contributed by atoms with E-state index < -0.39 is 0 Å². The fourth-order valence-corrected chi connectivity index (χ4v) is 15.1. The zero-order chi connectivity index (χ0) is 39.9. The minimum absolute atomic E-state index is 0.967. The van der Waals surface area contributed by atoms with Crippen molar-refractivity contribution >= 4 is 129 Å². The van der Waals surface area contributed by atoms with Crippen molar-refractivity contribution in [2.75, 3.05) is 0 Å². The van der Waals surface area contributed by atoms with E-state index in [4.69, 9.17) is 0 Å². The van der Waals surface area contributed by atoms with Crippen molar-refractivity contribution in [1.82, 2.24) is 0 Å². The third kappa shape index (κ3) is 2.96. The fourth-order valence-electron chi connectivity index (χ4n) is 15.1. The van der Waals surface area contributed by atoms with Gasteiger partial charge in [0.15, 0.2) is 0 Å². The summed E-state index contributed by atoms with van der Waals surface area (Å²) < 4.78 is 0. The molecule has 282 valence electrons. The molecule has 0 spiro atoms. The maximum Gasteiger partial charge on any atom is -0.0000364 e. The Morgan fingerprint density at radius 1 is 0.190 bits per heavy atom. The van der Waals surface area contributed by atoms with Gasteiger partial charge in [0, 0.05) is 0 Å². The van der Waals surface area contributed by atoms with Gasteiger partial charge in [0.05, 0.1) is 0 Å². The minimum atomic E-state index is 0.967. The van der Waals surface area contributed by atoms with Crippen LogP contribution in [0.1, 0.15) is 33.4 Å². The van der Waals surface area contributed by atoms with E-state index >= 15 is 0 Å². The maximum atomic E-state index is 2.62. The Labute approximate surface area is 359 Å². The zero-order valence-electron chi connectivity index (χ0n) is 34.0. The molecule has 3 aliphatic rings. The molecule has 16 aromatic rings. The van der Waals surface area contributed by atoms with Gasteiger partial charge in [-0.25, -0.2) is 0 Å². The lowest BCUT2D eigenvalue weighted by Crippen LogP contribution is -2.02. The van der Waals surface area contributed by atoms with E-state index in [9.17, 15) is 0 Å². The van der Waals surface area contributed by atoms with Crippen LogP contribution < -0.4 is 0 Å². The molecular weight excluding hydrogens is 757 g/mol. The van der Waals surface area contributed by atoms with Gasteiger partial charge in [0.25, 0.3) is 0 Å². The van der Waals surface area contributed by atoms with Crippen LogP contribution in [-0.4, -0.2) is 0 Å². The molecule has 0 heteroatoms. The number of benzene rings is 16. The summed E-state index contributed by atoms with van der Waals surface area (Å²) in [7, 11) is 0. The molecule has 0 saturated carbocycles. The van der Waals surface area contributed by atoms with Crippen LogP contribution >= 0.6 is 0 Å². The smallest absolute Gasteiger partial charge is 0.0000364 e. The summed E-state index contributed by atoms with van der Waals surface area (Å²) in [6, 6.07) is 57.5. The van der Waals surface area contributed by atoms with Gasteiger partial charge in [-0.15, -0.1) is 0 Å². The van der Waals surface area contributed by atoms with Crippen LogP contribution in [0.15, 0.2) is 146 Å². The van der Waals surface area contributed by atoms with Crippen molar-refractivity contribution < 1.29 is 0 Å². The van der Waals surface area contributed by atoms with Gasteiger partial charge in [0.2, 0.25) is 0 Å². The average Bonchev–Trinajstić information content (AvgIpc) is 4.02. The molecule has 0 radical (unpaired) electrons. The molecule has 0 N–H and O–H groups in total. The van der Waals surface area contributed by atoms with Gasteiger partial charge in [0.1, 0.15) is 0 Å². The summed E-state index contributed by atoms with van der Waals surface area (Å²) in [6.45, 7) is 0. The standard InChI is InChI=1S/C63H30/c1-4-13-31-28(10-1)22-43-40(31)25-46-34-16-8-20-38-50(34)59-61-55(46)52(43)37-19-7-17-35-47-26-41-32-14-5-2-12-30(32)24-45(41)54-39-21-9-18-36-48-27-42-33-15-6-3-11-29(33)23-44(42)53(38)57(48)63(59)60(51(36)39)62(56(47)54)58(61)49(35)37/h1-21,25-27H,22-24H2. The summed E-state index contributed by atoms with van der Waals surface area (Å²) in [4.78, 5) is 0. The van der Waals surface area contributed by atoms with Crippen molar-refractivity contribution in [3.8, 4) is 33.4 Å². The van der Waals surface area contributed by atoms with Crippen LogP contribution in [0.5, 0.6) is 0 Å². The van der Waals surface area contributed by atoms with Gasteiger partial charge in [-0.2, -0.15) is 0 Å². The highest BCUT2D eigenvalue weighted by Gasteiger charge is 2.36. The van der Waals surface area contributed by atoms with E-state index in [1.54, 1.807) is 0 Å². The summed E-state index contributed by atoms with van der Waals surface area (Å²) in [5, 5.41) is 34.8. The Bertz CT molecular complexity index is 4330. The van der Waals surface area contributed by atoms with E-state index in [2.05, 4.69) is 146 Å². The van der Waals surface area contributed by atoms with E-state index in [1.807, 2.05) is 0 Å². The Morgan fingerprint density at radius 2 is 0.476 bits per heavy atom. The predicted octanol–water partition coefficient (Wildman–Crippen LogP) is 16.9. The highest BCUT2D eigenvalue weighted by atomic mass is 14.4. The average molecular weight is 787 g/mol. The predicted molar refractivity (Wildman–Crippen MR) is 268 cm³/mol.